The molecule has 0 spiro atoms. The molecule has 6 nitrogen and oxygen atoms in total. The van der Waals surface area contributed by atoms with Crippen LogP contribution >= 0.6 is 0 Å². The molecule has 1 aromatic heterocycles. The molecule has 0 amide bonds. The minimum Gasteiger partial charge on any atom is -0.506 e. The van der Waals surface area contributed by atoms with Crippen LogP contribution in [-0.4, -0.2) is 46.3 Å². The maximum absolute atomic E-state index is 9.95. The molecule has 6 heteroatoms. The van der Waals surface area contributed by atoms with Crippen LogP contribution in [0.25, 0.3) is 0 Å². The predicted octanol–water partition coefficient (Wildman–Crippen LogP) is 2.30. The standard InChI is InChI=1S/C17H24N4O2/c1-13(2)11-16-18-17(23-19-16)12-20-7-9-21(10-8-20)14-5-3-4-6-15(14)22/h3-6,13,22H,7-12H2,1-2H3. The van der Waals surface area contributed by atoms with Crippen LogP contribution in [0.15, 0.2) is 28.8 Å². The molecule has 0 radical (unpaired) electrons. The Bertz CT molecular complexity index is 633. The Hall–Kier alpha value is -2.08. The Morgan fingerprint density at radius 2 is 1.91 bits per heavy atom. The minimum absolute atomic E-state index is 0.344. The van der Waals surface area contributed by atoms with Gasteiger partial charge in [0.15, 0.2) is 5.82 Å². The summed E-state index contributed by atoms with van der Waals surface area (Å²) in [5.41, 5.74) is 0.907. The Labute approximate surface area is 136 Å². The number of rotatable bonds is 5. The van der Waals surface area contributed by atoms with Gasteiger partial charge in [-0.1, -0.05) is 31.1 Å². The van der Waals surface area contributed by atoms with Gasteiger partial charge in [-0.25, -0.2) is 0 Å². The Morgan fingerprint density at radius 3 is 2.61 bits per heavy atom. The van der Waals surface area contributed by atoms with Crippen LogP contribution in [0, 0.1) is 5.92 Å². The number of piperazine rings is 1. The third-order valence-electron chi connectivity index (χ3n) is 4.05. The molecule has 0 aliphatic carbocycles. The molecule has 2 aromatic rings. The van der Waals surface area contributed by atoms with Gasteiger partial charge in [-0.3, -0.25) is 4.90 Å². The molecular formula is C17H24N4O2. The van der Waals surface area contributed by atoms with Crippen molar-refractivity contribution in [2.75, 3.05) is 31.1 Å². The van der Waals surface area contributed by atoms with Crippen LogP contribution in [-0.2, 0) is 13.0 Å². The highest BCUT2D eigenvalue weighted by molar-refractivity contribution is 5.57. The third-order valence-corrected chi connectivity index (χ3v) is 4.05. The molecule has 1 aromatic carbocycles. The van der Waals surface area contributed by atoms with Gasteiger partial charge in [0.2, 0.25) is 5.89 Å². The van der Waals surface area contributed by atoms with Crippen molar-refractivity contribution in [3.8, 4) is 5.75 Å². The second kappa shape index (κ2) is 7.00. The van der Waals surface area contributed by atoms with E-state index >= 15 is 0 Å². The first-order chi connectivity index (χ1) is 11.1. The molecule has 1 N–H and O–H groups in total. The van der Waals surface area contributed by atoms with Crippen molar-refractivity contribution in [1.82, 2.24) is 15.0 Å². The molecule has 0 atom stereocenters. The second-order valence-electron chi connectivity index (χ2n) is 6.45. The summed E-state index contributed by atoms with van der Waals surface area (Å²) in [6, 6.07) is 7.49. The van der Waals surface area contributed by atoms with Gasteiger partial charge in [-0.05, 0) is 18.1 Å². The van der Waals surface area contributed by atoms with Crippen LogP contribution in [0.3, 0.4) is 0 Å². The number of hydrogen-bond acceptors (Lipinski definition) is 6. The topological polar surface area (TPSA) is 65.6 Å². The van der Waals surface area contributed by atoms with Crippen molar-refractivity contribution < 1.29 is 9.63 Å². The average Bonchev–Trinajstić information content (AvgIpc) is 2.95. The molecule has 1 aliphatic heterocycles. The highest BCUT2D eigenvalue weighted by Crippen LogP contribution is 2.27. The molecule has 1 aliphatic rings. The van der Waals surface area contributed by atoms with E-state index < -0.39 is 0 Å². The fourth-order valence-corrected chi connectivity index (χ4v) is 2.87. The van der Waals surface area contributed by atoms with Gasteiger partial charge >= 0.3 is 0 Å². The van der Waals surface area contributed by atoms with E-state index in [1.165, 1.54) is 0 Å². The minimum atomic E-state index is 0.344. The highest BCUT2D eigenvalue weighted by Gasteiger charge is 2.21. The van der Waals surface area contributed by atoms with Gasteiger partial charge in [0.05, 0.1) is 12.2 Å². The Balaban J connectivity index is 1.53. The van der Waals surface area contributed by atoms with Crippen LogP contribution in [0.4, 0.5) is 5.69 Å². The first kappa shape index (κ1) is 15.8. The lowest BCUT2D eigenvalue weighted by atomic mass is 10.1. The van der Waals surface area contributed by atoms with Crippen LogP contribution in [0.2, 0.25) is 0 Å². The molecular weight excluding hydrogens is 292 g/mol. The molecule has 1 fully saturated rings. The summed E-state index contributed by atoms with van der Waals surface area (Å²) in [5, 5.41) is 14.0. The van der Waals surface area contributed by atoms with E-state index in [4.69, 9.17) is 4.52 Å². The number of benzene rings is 1. The van der Waals surface area contributed by atoms with Crippen molar-refractivity contribution in [2.45, 2.75) is 26.8 Å². The van der Waals surface area contributed by atoms with Gasteiger partial charge in [0.1, 0.15) is 5.75 Å². The van der Waals surface area contributed by atoms with E-state index in [9.17, 15) is 5.11 Å². The summed E-state index contributed by atoms with van der Waals surface area (Å²) in [6.45, 7) is 8.57. The predicted molar refractivity (Wildman–Crippen MR) is 88.4 cm³/mol. The fourth-order valence-electron chi connectivity index (χ4n) is 2.87. The van der Waals surface area contributed by atoms with E-state index in [2.05, 4.69) is 33.8 Å². The van der Waals surface area contributed by atoms with E-state index in [0.29, 0.717) is 24.1 Å². The SMILES string of the molecule is CC(C)Cc1noc(CN2CCN(c3ccccc3O)CC2)n1. The summed E-state index contributed by atoms with van der Waals surface area (Å²) in [6.07, 6.45) is 0.852. The van der Waals surface area contributed by atoms with Crippen LogP contribution in [0.5, 0.6) is 5.75 Å². The van der Waals surface area contributed by atoms with Crippen molar-refractivity contribution >= 4 is 5.69 Å². The van der Waals surface area contributed by atoms with Crippen molar-refractivity contribution in [2.24, 2.45) is 5.92 Å². The second-order valence-corrected chi connectivity index (χ2v) is 6.45. The van der Waals surface area contributed by atoms with Crippen LogP contribution in [0.1, 0.15) is 25.6 Å². The smallest absolute Gasteiger partial charge is 0.240 e. The zero-order valence-corrected chi connectivity index (χ0v) is 13.8. The maximum Gasteiger partial charge on any atom is 0.240 e. The summed E-state index contributed by atoms with van der Waals surface area (Å²) >= 11 is 0. The number of nitrogens with zero attached hydrogens (tertiary/aromatic N) is 4. The number of para-hydroxylation sites is 2. The lowest BCUT2D eigenvalue weighted by Crippen LogP contribution is -2.46. The van der Waals surface area contributed by atoms with E-state index in [1.807, 2.05) is 18.2 Å². The van der Waals surface area contributed by atoms with Crippen molar-refractivity contribution in [3.63, 3.8) is 0 Å². The molecule has 0 unspecified atom stereocenters. The van der Waals surface area contributed by atoms with Crippen LogP contribution < -0.4 is 4.90 Å². The number of phenols is 1. The molecule has 0 saturated carbocycles. The Morgan fingerprint density at radius 1 is 1.17 bits per heavy atom. The quantitative estimate of drug-likeness (QED) is 0.913. The van der Waals surface area contributed by atoms with Gasteiger partial charge in [-0.2, -0.15) is 4.98 Å². The summed E-state index contributed by atoms with van der Waals surface area (Å²) in [4.78, 5) is 8.98. The van der Waals surface area contributed by atoms with Gasteiger partial charge in [0, 0.05) is 32.6 Å². The number of aromatic hydroxyl groups is 1. The normalized spacial score (nSPS) is 16.2. The summed E-state index contributed by atoms with van der Waals surface area (Å²) in [7, 11) is 0. The molecule has 3 rings (SSSR count). The van der Waals surface area contributed by atoms with Gasteiger partial charge in [0.25, 0.3) is 0 Å². The van der Waals surface area contributed by atoms with E-state index in [0.717, 1.165) is 44.1 Å². The van der Waals surface area contributed by atoms with E-state index in [-0.39, 0.29) is 0 Å². The average molecular weight is 316 g/mol. The van der Waals surface area contributed by atoms with E-state index in [1.54, 1.807) is 6.07 Å². The highest BCUT2D eigenvalue weighted by atomic mass is 16.5. The Kier molecular flexibility index (Phi) is 4.81. The molecule has 0 bridgehead atoms. The largest absolute Gasteiger partial charge is 0.506 e. The fraction of sp³-hybridized carbons (Fsp3) is 0.529. The van der Waals surface area contributed by atoms with Crippen molar-refractivity contribution in [3.05, 3.63) is 36.0 Å². The number of hydrogen-bond donors (Lipinski definition) is 1. The number of phenolic OH excluding ortho intramolecular Hbond substituents is 1. The monoisotopic (exact) mass is 316 g/mol. The van der Waals surface area contributed by atoms with Gasteiger partial charge < -0.3 is 14.5 Å². The maximum atomic E-state index is 9.95. The first-order valence-corrected chi connectivity index (χ1v) is 8.18. The summed E-state index contributed by atoms with van der Waals surface area (Å²) < 4.78 is 5.34. The molecule has 23 heavy (non-hydrogen) atoms. The zero-order valence-electron chi connectivity index (χ0n) is 13.8. The number of anilines is 1. The lowest BCUT2D eigenvalue weighted by Gasteiger charge is -2.35. The zero-order chi connectivity index (χ0) is 16.2. The first-order valence-electron chi connectivity index (χ1n) is 8.18. The molecule has 1 saturated heterocycles. The molecule has 124 valence electrons. The number of aromatic nitrogens is 2. The lowest BCUT2D eigenvalue weighted by molar-refractivity contribution is 0.215. The molecule has 2 heterocycles. The van der Waals surface area contributed by atoms with Gasteiger partial charge in [-0.15, -0.1) is 0 Å². The third kappa shape index (κ3) is 4.01. The van der Waals surface area contributed by atoms with Crippen molar-refractivity contribution in [1.29, 1.82) is 0 Å². The summed E-state index contributed by atoms with van der Waals surface area (Å²) in [5.74, 6) is 2.36.